The van der Waals surface area contributed by atoms with Crippen molar-refractivity contribution < 1.29 is 9.59 Å². The van der Waals surface area contributed by atoms with Gasteiger partial charge in [-0.25, -0.2) is 0 Å². The summed E-state index contributed by atoms with van der Waals surface area (Å²) in [5.74, 6) is 0.116. The van der Waals surface area contributed by atoms with Crippen LogP contribution < -0.4 is 5.32 Å². The summed E-state index contributed by atoms with van der Waals surface area (Å²) >= 11 is 3.41. The minimum absolute atomic E-state index is 0.00378. The number of rotatable bonds is 5. The quantitative estimate of drug-likeness (QED) is 0.804. The van der Waals surface area contributed by atoms with Gasteiger partial charge in [0.1, 0.15) is 0 Å². The number of hydrogen-bond donors (Lipinski definition) is 1. The third-order valence-electron chi connectivity index (χ3n) is 4.50. The zero-order chi connectivity index (χ0) is 18.4. The maximum atomic E-state index is 12.5. The number of nitrogens with one attached hydrogen (secondary N) is 1. The second kappa shape index (κ2) is 9.31. The first kappa shape index (κ1) is 19.9. The fourth-order valence-electron chi connectivity index (χ4n) is 2.85. The number of nitrogens with zero attached hydrogens (tertiary/aromatic N) is 3. The van der Waals surface area contributed by atoms with Gasteiger partial charge in [0.2, 0.25) is 11.8 Å². The van der Waals surface area contributed by atoms with E-state index in [9.17, 15) is 9.59 Å². The van der Waals surface area contributed by atoms with E-state index in [4.69, 9.17) is 0 Å². The monoisotopic (exact) mass is 410 g/mol. The van der Waals surface area contributed by atoms with Gasteiger partial charge in [-0.1, -0.05) is 22.0 Å². The summed E-state index contributed by atoms with van der Waals surface area (Å²) < 4.78 is 0.939. The van der Waals surface area contributed by atoms with Gasteiger partial charge in [-0.2, -0.15) is 0 Å². The van der Waals surface area contributed by atoms with Crippen LogP contribution >= 0.6 is 15.9 Å². The van der Waals surface area contributed by atoms with Crippen molar-refractivity contribution in [3.63, 3.8) is 0 Å². The number of halogens is 1. The molecule has 0 aromatic heterocycles. The van der Waals surface area contributed by atoms with E-state index >= 15 is 0 Å². The van der Waals surface area contributed by atoms with Gasteiger partial charge in [-0.15, -0.1) is 0 Å². The first-order valence-electron chi connectivity index (χ1n) is 8.60. The lowest BCUT2D eigenvalue weighted by Crippen LogP contribution is -2.44. The van der Waals surface area contributed by atoms with E-state index in [2.05, 4.69) is 31.0 Å². The standard InChI is InChI=1S/C18H27BrN4O2/c1-14(18(25)20-16-7-4-6-15(19)12-16)23-9-5-8-22(10-11-23)13-17(24)21(2)3/h4,6-7,12,14H,5,8-11,13H2,1-3H3,(H,20,25). The van der Waals surface area contributed by atoms with Crippen molar-refractivity contribution in [1.82, 2.24) is 14.7 Å². The molecule has 2 amide bonds. The molecule has 1 saturated heterocycles. The highest BCUT2D eigenvalue weighted by atomic mass is 79.9. The fraction of sp³-hybridized carbons (Fsp3) is 0.556. The van der Waals surface area contributed by atoms with Gasteiger partial charge >= 0.3 is 0 Å². The summed E-state index contributed by atoms with van der Waals surface area (Å²) in [5, 5.41) is 2.97. The van der Waals surface area contributed by atoms with E-state index in [-0.39, 0.29) is 17.9 Å². The SMILES string of the molecule is CC(C(=O)Nc1cccc(Br)c1)N1CCCN(CC(=O)N(C)C)CC1. The summed E-state index contributed by atoms with van der Waals surface area (Å²) in [6.07, 6.45) is 0.954. The minimum atomic E-state index is -0.205. The van der Waals surface area contributed by atoms with Crippen LogP contribution in [-0.4, -0.2) is 79.4 Å². The molecular formula is C18H27BrN4O2. The molecule has 1 aliphatic heterocycles. The third-order valence-corrected chi connectivity index (χ3v) is 4.99. The van der Waals surface area contributed by atoms with Crippen molar-refractivity contribution in [3.8, 4) is 0 Å². The highest BCUT2D eigenvalue weighted by molar-refractivity contribution is 9.10. The molecule has 1 fully saturated rings. The van der Waals surface area contributed by atoms with Crippen LogP contribution in [0.5, 0.6) is 0 Å². The highest BCUT2D eigenvalue weighted by Gasteiger charge is 2.25. The van der Waals surface area contributed by atoms with Crippen LogP contribution in [-0.2, 0) is 9.59 Å². The van der Waals surface area contributed by atoms with Gasteiger partial charge in [-0.3, -0.25) is 19.4 Å². The van der Waals surface area contributed by atoms with Crippen LogP contribution in [0.4, 0.5) is 5.69 Å². The molecule has 6 nitrogen and oxygen atoms in total. The number of likely N-dealkylation sites (N-methyl/N-ethyl adjacent to an activating group) is 1. The van der Waals surface area contributed by atoms with Gasteiger partial charge in [0.25, 0.3) is 0 Å². The zero-order valence-electron chi connectivity index (χ0n) is 15.2. The van der Waals surface area contributed by atoms with Crippen molar-refractivity contribution in [2.24, 2.45) is 0 Å². The maximum Gasteiger partial charge on any atom is 0.241 e. The van der Waals surface area contributed by atoms with E-state index in [1.807, 2.05) is 31.2 Å². The Morgan fingerprint density at radius 1 is 1.24 bits per heavy atom. The van der Waals surface area contributed by atoms with Gasteiger partial charge in [-0.05, 0) is 38.1 Å². The molecule has 138 valence electrons. The Hall–Kier alpha value is -1.44. The van der Waals surface area contributed by atoms with Crippen molar-refractivity contribution in [1.29, 1.82) is 0 Å². The van der Waals surface area contributed by atoms with Crippen molar-refractivity contribution in [3.05, 3.63) is 28.7 Å². The first-order chi connectivity index (χ1) is 11.9. The third kappa shape index (κ3) is 6.09. The molecule has 1 aromatic rings. The largest absolute Gasteiger partial charge is 0.348 e. The number of benzene rings is 1. The molecule has 0 bridgehead atoms. The first-order valence-corrected chi connectivity index (χ1v) is 9.39. The Morgan fingerprint density at radius 2 is 2.00 bits per heavy atom. The van der Waals surface area contributed by atoms with Crippen molar-refractivity contribution in [2.45, 2.75) is 19.4 Å². The average Bonchev–Trinajstić information content (AvgIpc) is 2.79. The molecule has 1 heterocycles. The Kier molecular flexibility index (Phi) is 7.40. The van der Waals surface area contributed by atoms with Crippen LogP contribution in [0.25, 0.3) is 0 Å². The second-order valence-corrected chi connectivity index (χ2v) is 7.55. The molecule has 7 heteroatoms. The second-order valence-electron chi connectivity index (χ2n) is 6.63. The van der Waals surface area contributed by atoms with E-state index in [1.165, 1.54) is 0 Å². The Bertz CT molecular complexity index is 608. The van der Waals surface area contributed by atoms with Crippen LogP contribution in [0.2, 0.25) is 0 Å². The summed E-state index contributed by atoms with van der Waals surface area (Å²) in [6, 6.07) is 7.39. The van der Waals surface area contributed by atoms with Crippen LogP contribution in [0.1, 0.15) is 13.3 Å². The highest BCUT2D eigenvalue weighted by Crippen LogP contribution is 2.16. The van der Waals surface area contributed by atoms with Gasteiger partial charge < -0.3 is 10.2 Å². The molecule has 0 spiro atoms. The van der Waals surface area contributed by atoms with E-state index in [0.717, 1.165) is 42.8 Å². The van der Waals surface area contributed by atoms with Crippen LogP contribution in [0, 0.1) is 0 Å². The molecule has 25 heavy (non-hydrogen) atoms. The van der Waals surface area contributed by atoms with E-state index < -0.39 is 0 Å². The maximum absolute atomic E-state index is 12.5. The smallest absolute Gasteiger partial charge is 0.241 e. The molecular weight excluding hydrogens is 384 g/mol. The Labute approximate surface area is 158 Å². The van der Waals surface area contributed by atoms with Crippen molar-refractivity contribution in [2.75, 3.05) is 52.1 Å². The number of carbonyl (C=O) groups is 2. The van der Waals surface area contributed by atoms with Crippen molar-refractivity contribution >= 4 is 33.4 Å². The van der Waals surface area contributed by atoms with Gasteiger partial charge in [0.05, 0.1) is 12.6 Å². The molecule has 1 aliphatic rings. The molecule has 0 radical (unpaired) electrons. The molecule has 0 aliphatic carbocycles. The average molecular weight is 411 g/mol. The summed E-state index contributed by atoms with van der Waals surface area (Å²) in [4.78, 5) is 30.4. The lowest BCUT2D eigenvalue weighted by Gasteiger charge is -2.27. The molecule has 0 saturated carbocycles. The molecule has 1 aromatic carbocycles. The molecule has 1 atom stereocenters. The number of carbonyl (C=O) groups excluding carboxylic acids is 2. The minimum Gasteiger partial charge on any atom is -0.348 e. The predicted molar refractivity (Wildman–Crippen MR) is 104 cm³/mol. The van der Waals surface area contributed by atoms with Gasteiger partial charge in [0, 0.05) is 43.9 Å². The topological polar surface area (TPSA) is 55.9 Å². The predicted octanol–water partition coefficient (Wildman–Crippen LogP) is 1.87. The lowest BCUT2D eigenvalue weighted by molar-refractivity contribution is -0.130. The van der Waals surface area contributed by atoms with Gasteiger partial charge in [0.15, 0.2) is 0 Å². The van der Waals surface area contributed by atoms with E-state index in [0.29, 0.717) is 6.54 Å². The number of anilines is 1. The summed E-state index contributed by atoms with van der Waals surface area (Å²) in [6.45, 7) is 5.71. The zero-order valence-corrected chi connectivity index (χ0v) is 16.8. The molecule has 1 unspecified atom stereocenters. The Balaban J connectivity index is 1.88. The number of hydrogen-bond acceptors (Lipinski definition) is 4. The Morgan fingerprint density at radius 3 is 2.68 bits per heavy atom. The number of amides is 2. The molecule has 1 N–H and O–H groups in total. The fourth-order valence-corrected chi connectivity index (χ4v) is 3.25. The van der Waals surface area contributed by atoms with Crippen LogP contribution in [0.3, 0.4) is 0 Å². The van der Waals surface area contributed by atoms with E-state index in [1.54, 1.807) is 19.0 Å². The normalized spacial score (nSPS) is 17.6. The lowest BCUT2D eigenvalue weighted by atomic mass is 10.2. The molecule has 2 rings (SSSR count). The summed E-state index contributed by atoms with van der Waals surface area (Å²) in [7, 11) is 3.56. The summed E-state index contributed by atoms with van der Waals surface area (Å²) in [5.41, 5.74) is 0.791. The van der Waals surface area contributed by atoms with Crippen LogP contribution in [0.15, 0.2) is 28.7 Å².